The van der Waals surface area contributed by atoms with Gasteiger partial charge in [0.05, 0.1) is 18.7 Å². The summed E-state index contributed by atoms with van der Waals surface area (Å²) in [6.07, 6.45) is 1.93. The monoisotopic (exact) mass is 256 g/mol. The van der Waals surface area contributed by atoms with Crippen LogP contribution < -0.4 is 5.32 Å². The molecule has 1 aliphatic carbocycles. The van der Waals surface area contributed by atoms with E-state index >= 15 is 0 Å². The van der Waals surface area contributed by atoms with Gasteiger partial charge in [-0.15, -0.1) is 0 Å². The quantitative estimate of drug-likeness (QED) is 0.823. The molecule has 2 rings (SSSR count). The highest BCUT2D eigenvalue weighted by molar-refractivity contribution is 6.09. The number of carbonyl (C=O) groups excluding carboxylic acids is 1. The van der Waals surface area contributed by atoms with Gasteiger partial charge in [0.25, 0.3) is 6.43 Å². The molecule has 6 heteroatoms. The fourth-order valence-corrected chi connectivity index (χ4v) is 1.78. The second-order valence-corrected chi connectivity index (χ2v) is 3.95. The lowest BCUT2D eigenvalue weighted by Gasteiger charge is -2.11. The number of hydrogen-bond acceptors (Lipinski definition) is 2. The Bertz CT molecular complexity index is 490. The Kier molecular flexibility index (Phi) is 3.64. The smallest absolute Gasteiger partial charge is 0.255 e. The third kappa shape index (κ3) is 2.88. The number of nitrogens with one attached hydrogen (secondary N) is 1. The Hall–Kier alpha value is -1.85. The SMILES string of the molecule is O=C(CC1=CN=C2CC=C(F)C=C12)NCC(F)F. The van der Waals surface area contributed by atoms with Crippen molar-refractivity contribution in [3.63, 3.8) is 0 Å². The summed E-state index contributed by atoms with van der Waals surface area (Å²) in [5.74, 6) is -0.890. The molecule has 1 heterocycles. The van der Waals surface area contributed by atoms with Crippen LogP contribution in [0.4, 0.5) is 13.2 Å². The van der Waals surface area contributed by atoms with E-state index in [-0.39, 0.29) is 12.2 Å². The fraction of sp³-hybridized carbons (Fsp3) is 0.333. The van der Waals surface area contributed by atoms with E-state index in [1.165, 1.54) is 18.4 Å². The molecule has 0 aromatic heterocycles. The zero-order valence-electron chi connectivity index (χ0n) is 9.42. The van der Waals surface area contributed by atoms with Crippen LogP contribution in [0.3, 0.4) is 0 Å². The number of amides is 1. The number of halogens is 3. The van der Waals surface area contributed by atoms with Crippen LogP contribution in [-0.2, 0) is 4.79 Å². The van der Waals surface area contributed by atoms with E-state index in [0.29, 0.717) is 23.3 Å². The zero-order chi connectivity index (χ0) is 13.1. The molecule has 18 heavy (non-hydrogen) atoms. The largest absolute Gasteiger partial charge is 0.350 e. The summed E-state index contributed by atoms with van der Waals surface area (Å²) in [6, 6.07) is 0. The predicted octanol–water partition coefficient (Wildman–Crippen LogP) is 2.28. The Morgan fingerprint density at radius 1 is 1.50 bits per heavy atom. The van der Waals surface area contributed by atoms with Crippen molar-refractivity contribution in [3.8, 4) is 0 Å². The van der Waals surface area contributed by atoms with E-state index < -0.39 is 18.9 Å². The van der Waals surface area contributed by atoms with Crippen LogP contribution in [0.15, 0.2) is 40.3 Å². The Balaban J connectivity index is 1.96. The molecule has 1 amide bonds. The van der Waals surface area contributed by atoms with Gasteiger partial charge >= 0.3 is 0 Å². The number of fused-ring (bicyclic) bond motifs is 1. The molecule has 1 aliphatic heterocycles. The minimum atomic E-state index is -2.58. The van der Waals surface area contributed by atoms with Gasteiger partial charge in [-0.05, 0) is 17.7 Å². The molecular formula is C12H11F3N2O. The molecule has 3 nitrogen and oxygen atoms in total. The third-order valence-electron chi connectivity index (χ3n) is 2.61. The van der Waals surface area contributed by atoms with E-state index in [4.69, 9.17) is 0 Å². The molecule has 96 valence electrons. The van der Waals surface area contributed by atoms with E-state index in [9.17, 15) is 18.0 Å². The third-order valence-corrected chi connectivity index (χ3v) is 2.61. The average molecular weight is 256 g/mol. The van der Waals surface area contributed by atoms with E-state index in [1.807, 2.05) is 0 Å². The normalized spacial score (nSPS) is 17.8. The molecule has 0 aromatic rings. The molecule has 0 spiro atoms. The highest BCUT2D eigenvalue weighted by atomic mass is 19.3. The summed E-state index contributed by atoms with van der Waals surface area (Å²) < 4.78 is 36.9. The van der Waals surface area contributed by atoms with Gasteiger partial charge in [-0.1, -0.05) is 0 Å². The van der Waals surface area contributed by atoms with Crippen molar-refractivity contribution in [2.45, 2.75) is 19.3 Å². The number of aliphatic imine (C=N–C) groups is 1. The molecule has 0 radical (unpaired) electrons. The van der Waals surface area contributed by atoms with Crippen molar-refractivity contribution in [1.82, 2.24) is 5.32 Å². The van der Waals surface area contributed by atoms with Crippen LogP contribution in [0.5, 0.6) is 0 Å². The Labute approximate surface area is 102 Å². The van der Waals surface area contributed by atoms with Gasteiger partial charge in [0.2, 0.25) is 5.91 Å². The van der Waals surface area contributed by atoms with Gasteiger partial charge in [0, 0.05) is 18.2 Å². The van der Waals surface area contributed by atoms with E-state index in [2.05, 4.69) is 10.3 Å². The first-order chi connectivity index (χ1) is 8.56. The van der Waals surface area contributed by atoms with Gasteiger partial charge in [0.1, 0.15) is 5.83 Å². The van der Waals surface area contributed by atoms with E-state index in [0.717, 1.165) is 0 Å². The van der Waals surface area contributed by atoms with Crippen molar-refractivity contribution in [3.05, 3.63) is 35.3 Å². The molecule has 0 aromatic carbocycles. The second kappa shape index (κ2) is 5.20. The first-order valence-electron chi connectivity index (χ1n) is 5.45. The Morgan fingerprint density at radius 2 is 2.28 bits per heavy atom. The number of nitrogens with zero attached hydrogens (tertiary/aromatic N) is 1. The van der Waals surface area contributed by atoms with Crippen LogP contribution in [0, 0.1) is 0 Å². The van der Waals surface area contributed by atoms with Crippen LogP contribution in [-0.4, -0.2) is 24.6 Å². The fourth-order valence-electron chi connectivity index (χ4n) is 1.78. The molecule has 0 saturated heterocycles. The van der Waals surface area contributed by atoms with E-state index in [1.54, 1.807) is 0 Å². The molecule has 0 fully saturated rings. The molecule has 0 saturated carbocycles. The van der Waals surface area contributed by atoms with Crippen molar-refractivity contribution in [1.29, 1.82) is 0 Å². The Morgan fingerprint density at radius 3 is 3.00 bits per heavy atom. The van der Waals surface area contributed by atoms with Crippen LogP contribution in [0.1, 0.15) is 12.8 Å². The number of allylic oxidation sites excluding steroid dienone is 4. The zero-order valence-corrected chi connectivity index (χ0v) is 9.42. The maximum absolute atomic E-state index is 13.1. The second-order valence-electron chi connectivity index (χ2n) is 3.95. The summed E-state index contributed by atoms with van der Waals surface area (Å²) in [7, 11) is 0. The van der Waals surface area contributed by atoms with Crippen molar-refractivity contribution >= 4 is 11.6 Å². The van der Waals surface area contributed by atoms with Gasteiger partial charge < -0.3 is 5.32 Å². The van der Waals surface area contributed by atoms with Gasteiger partial charge in [-0.3, -0.25) is 9.79 Å². The number of rotatable bonds is 4. The molecular weight excluding hydrogens is 245 g/mol. The first kappa shape index (κ1) is 12.6. The van der Waals surface area contributed by atoms with Crippen molar-refractivity contribution in [2.24, 2.45) is 4.99 Å². The van der Waals surface area contributed by atoms with Crippen LogP contribution in [0.2, 0.25) is 0 Å². The lowest BCUT2D eigenvalue weighted by atomic mass is 9.95. The minimum Gasteiger partial charge on any atom is -0.350 e. The maximum Gasteiger partial charge on any atom is 0.255 e. The van der Waals surface area contributed by atoms with Gasteiger partial charge in [-0.2, -0.15) is 0 Å². The lowest BCUT2D eigenvalue weighted by molar-refractivity contribution is -0.121. The summed E-state index contributed by atoms with van der Waals surface area (Å²) in [4.78, 5) is 15.5. The predicted molar refractivity (Wildman–Crippen MR) is 61.0 cm³/mol. The molecule has 0 unspecified atom stereocenters. The first-order valence-corrected chi connectivity index (χ1v) is 5.45. The maximum atomic E-state index is 13.1. The van der Waals surface area contributed by atoms with Gasteiger partial charge in [-0.25, -0.2) is 13.2 Å². The summed E-state index contributed by atoms with van der Waals surface area (Å²) in [6.45, 7) is -0.673. The van der Waals surface area contributed by atoms with Crippen molar-refractivity contribution < 1.29 is 18.0 Å². The highest BCUT2D eigenvalue weighted by Gasteiger charge is 2.22. The lowest BCUT2D eigenvalue weighted by Crippen LogP contribution is -2.28. The van der Waals surface area contributed by atoms with Gasteiger partial charge in [0.15, 0.2) is 0 Å². The summed E-state index contributed by atoms with van der Waals surface area (Å²) in [5, 5.41) is 2.10. The number of alkyl halides is 2. The average Bonchev–Trinajstić information content (AvgIpc) is 2.69. The van der Waals surface area contributed by atoms with Crippen LogP contribution >= 0.6 is 0 Å². The topological polar surface area (TPSA) is 41.5 Å². The minimum absolute atomic E-state index is 0.0706. The summed E-state index contributed by atoms with van der Waals surface area (Å²) in [5.41, 5.74) is 1.84. The number of carbonyl (C=O) groups is 1. The molecule has 0 atom stereocenters. The number of hydrogen-bond donors (Lipinski definition) is 1. The molecule has 0 bridgehead atoms. The van der Waals surface area contributed by atoms with Crippen molar-refractivity contribution in [2.75, 3.05) is 6.54 Å². The highest BCUT2D eigenvalue weighted by Crippen LogP contribution is 2.29. The van der Waals surface area contributed by atoms with Crippen LogP contribution in [0.25, 0.3) is 0 Å². The summed E-state index contributed by atoms with van der Waals surface area (Å²) >= 11 is 0. The molecule has 2 aliphatic rings. The molecule has 1 N–H and O–H groups in total. The standard InChI is InChI=1S/C12H11F3N2O/c13-8-1-2-10-9(4-8)7(5-16-10)3-12(18)17-6-11(14)15/h1,4-5,11H,2-3,6H2,(H,17,18).